The highest BCUT2D eigenvalue weighted by atomic mass is 16.5. The van der Waals surface area contributed by atoms with E-state index in [4.69, 9.17) is 4.74 Å². The van der Waals surface area contributed by atoms with Crippen LogP contribution in [-0.2, 0) is 4.79 Å². The molecule has 2 unspecified atom stereocenters. The summed E-state index contributed by atoms with van der Waals surface area (Å²) in [5.41, 5.74) is 1.80. The summed E-state index contributed by atoms with van der Waals surface area (Å²) in [6.45, 7) is 5.64. The molecule has 0 amide bonds. The minimum atomic E-state index is -0.515. The summed E-state index contributed by atoms with van der Waals surface area (Å²) in [6, 6.07) is 17.4. The van der Waals surface area contributed by atoms with Gasteiger partial charge in [-0.25, -0.2) is 0 Å². The molecule has 0 aromatic heterocycles. The molecule has 5 nitrogen and oxygen atoms in total. The summed E-state index contributed by atoms with van der Waals surface area (Å²) in [5.74, 6) is 1.35. The summed E-state index contributed by atoms with van der Waals surface area (Å²) in [7, 11) is 0. The minimum absolute atomic E-state index is 0.134. The lowest BCUT2D eigenvalue weighted by Crippen LogP contribution is -2.33. The van der Waals surface area contributed by atoms with Crippen LogP contribution in [-0.4, -0.2) is 53.9 Å². The van der Waals surface area contributed by atoms with Crippen LogP contribution in [0.4, 0.5) is 0 Å². The first-order chi connectivity index (χ1) is 18.5. The summed E-state index contributed by atoms with van der Waals surface area (Å²) in [4.78, 5) is 27.3. The molecular weight excluding hydrogens is 474 g/mol. The van der Waals surface area contributed by atoms with Gasteiger partial charge in [-0.1, -0.05) is 48.9 Å². The zero-order chi connectivity index (χ0) is 27.0. The lowest BCUT2D eigenvalue weighted by Gasteiger charge is -2.26. The van der Waals surface area contributed by atoms with Crippen molar-refractivity contribution in [1.29, 1.82) is 0 Å². The fourth-order valence-electron chi connectivity index (χ4n) is 5.12. The normalized spacial score (nSPS) is 15.5. The second-order valence-corrected chi connectivity index (χ2v) is 10.4. The highest BCUT2D eigenvalue weighted by Crippen LogP contribution is 2.21. The number of carbonyl (C=O) groups is 2. The molecule has 1 aliphatic rings. The van der Waals surface area contributed by atoms with Gasteiger partial charge in [0.05, 0.1) is 12.7 Å². The first-order valence-electron chi connectivity index (χ1n) is 14.5. The molecule has 3 rings (SSSR count). The molecule has 0 saturated carbocycles. The summed E-state index contributed by atoms with van der Waals surface area (Å²) < 4.78 is 5.42. The van der Waals surface area contributed by atoms with Crippen LogP contribution in [0.5, 0.6) is 5.75 Å². The molecule has 2 atom stereocenters. The van der Waals surface area contributed by atoms with E-state index in [-0.39, 0.29) is 17.5 Å². The molecule has 206 valence electrons. The number of nitrogens with zero attached hydrogens (tertiary/aromatic N) is 1. The molecule has 1 fully saturated rings. The Morgan fingerprint density at radius 3 is 2.32 bits per heavy atom. The van der Waals surface area contributed by atoms with E-state index >= 15 is 0 Å². The SMILES string of the molecule is CCOc1ccc(C(=O)CCCCCC(=O)CCCC(CN2CCCC2)C(O)C=Cc2ccccc2)cc1. The van der Waals surface area contributed by atoms with E-state index in [0.717, 1.165) is 63.1 Å². The van der Waals surface area contributed by atoms with Crippen LogP contribution in [0.2, 0.25) is 0 Å². The molecule has 5 heteroatoms. The van der Waals surface area contributed by atoms with Crippen LogP contribution in [0.15, 0.2) is 60.7 Å². The van der Waals surface area contributed by atoms with Gasteiger partial charge in [-0.2, -0.15) is 0 Å². The number of ether oxygens (including phenoxy) is 1. The molecule has 1 saturated heterocycles. The van der Waals surface area contributed by atoms with Gasteiger partial charge in [0, 0.05) is 37.3 Å². The first kappa shape index (κ1) is 29.8. The number of hydrogen-bond donors (Lipinski definition) is 1. The third kappa shape index (κ3) is 10.9. The van der Waals surface area contributed by atoms with Crippen LogP contribution in [0.1, 0.15) is 87.1 Å². The molecule has 1 heterocycles. The van der Waals surface area contributed by atoms with Crippen LogP contribution in [0, 0.1) is 5.92 Å². The van der Waals surface area contributed by atoms with Gasteiger partial charge in [-0.05, 0) is 88.4 Å². The van der Waals surface area contributed by atoms with Crippen LogP contribution >= 0.6 is 0 Å². The number of unbranched alkanes of at least 4 members (excludes halogenated alkanes) is 2. The maximum atomic E-state index is 12.5. The van der Waals surface area contributed by atoms with Crippen LogP contribution < -0.4 is 4.74 Å². The van der Waals surface area contributed by atoms with Crippen molar-refractivity contribution >= 4 is 17.6 Å². The van der Waals surface area contributed by atoms with E-state index in [1.165, 1.54) is 12.8 Å². The van der Waals surface area contributed by atoms with Gasteiger partial charge in [0.25, 0.3) is 0 Å². The van der Waals surface area contributed by atoms with Gasteiger partial charge in [0.15, 0.2) is 5.78 Å². The third-order valence-corrected chi connectivity index (χ3v) is 7.34. The lowest BCUT2D eigenvalue weighted by atomic mass is 9.93. The number of hydrogen-bond acceptors (Lipinski definition) is 5. The number of likely N-dealkylation sites (tertiary alicyclic amines) is 1. The Hall–Kier alpha value is -2.76. The van der Waals surface area contributed by atoms with E-state index in [1.54, 1.807) is 0 Å². The number of aliphatic hydroxyl groups is 1. The molecule has 0 aliphatic carbocycles. The van der Waals surface area contributed by atoms with Crippen LogP contribution in [0.3, 0.4) is 0 Å². The Morgan fingerprint density at radius 2 is 1.61 bits per heavy atom. The summed E-state index contributed by atoms with van der Waals surface area (Å²) in [5, 5.41) is 10.9. The number of ketones is 2. The zero-order valence-electron chi connectivity index (χ0n) is 23.0. The fourth-order valence-corrected chi connectivity index (χ4v) is 5.12. The summed E-state index contributed by atoms with van der Waals surface area (Å²) in [6.07, 6.45) is 11.7. The molecule has 2 aromatic rings. The molecule has 0 spiro atoms. The largest absolute Gasteiger partial charge is 0.494 e. The highest BCUT2D eigenvalue weighted by molar-refractivity contribution is 5.96. The number of rotatable bonds is 18. The number of carbonyl (C=O) groups excluding carboxylic acids is 2. The van der Waals surface area contributed by atoms with E-state index in [1.807, 2.05) is 73.7 Å². The molecule has 38 heavy (non-hydrogen) atoms. The number of Topliss-reactive ketones (excluding diaryl/α,β-unsaturated/α-hetero) is 2. The Labute approximate surface area is 228 Å². The van der Waals surface area contributed by atoms with Crippen molar-refractivity contribution < 1.29 is 19.4 Å². The number of benzene rings is 2. The Balaban J connectivity index is 1.33. The van der Waals surface area contributed by atoms with Gasteiger partial charge in [-0.3, -0.25) is 9.59 Å². The zero-order valence-corrected chi connectivity index (χ0v) is 23.0. The Kier molecular flexibility index (Phi) is 13.3. The monoisotopic (exact) mass is 519 g/mol. The van der Waals surface area contributed by atoms with E-state index in [0.29, 0.717) is 31.4 Å². The maximum absolute atomic E-state index is 12.5. The molecular formula is C33H45NO4. The van der Waals surface area contributed by atoms with Crippen molar-refractivity contribution in [2.75, 3.05) is 26.2 Å². The first-order valence-corrected chi connectivity index (χ1v) is 14.5. The molecule has 0 radical (unpaired) electrons. The van der Waals surface area contributed by atoms with Crippen molar-refractivity contribution in [2.45, 2.75) is 77.2 Å². The van der Waals surface area contributed by atoms with Gasteiger partial charge >= 0.3 is 0 Å². The summed E-state index contributed by atoms with van der Waals surface area (Å²) >= 11 is 0. The lowest BCUT2D eigenvalue weighted by molar-refractivity contribution is -0.119. The van der Waals surface area contributed by atoms with Crippen molar-refractivity contribution in [1.82, 2.24) is 4.90 Å². The molecule has 2 aromatic carbocycles. The van der Waals surface area contributed by atoms with Gasteiger partial charge < -0.3 is 14.7 Å². The molecule has 1 N–H and O–H groups in total. The second-order valence-electron chi connectivity index (χ2n) is 10.4. The molecule has 1 aliphatic heterocycles. The smallest absolute Gasteiger partial charge is 0.162 e. The third-order valence-electron chi connectivity index (χ3n) is 7.34. The fraction of sp³-hybridized carbons (Fsp3) is 0.515. The second kappa shape index (κ2) is 17.0. The Morgan fingerprint density at radius 1 is 0.921 bits per heavy atom. The van der Waals surface area contributed by atoms with Crippen molar-refractivity contribution in [3.63, 3.8) is 0 Å². The topological polar surface area (TPSA) is 66.8 Å². The average Bonchev–Trinajstić information content (AvgIpc) is 3.45. The highest BCUT2D eigenvalue weighted by Gasteiger charge is 2.22. The van der Waals surface area contributed by atoms with Crippen LogP contribution in [0.25, 0.3) is 6.08 Å². The standard InChI is InChI=1S/C33H45NO4/c1-2-38-31-21-19-28(20-22-31)32(36)17-8-4-7-15-30(35)16-11-14-29(26-34-24-9-10-25-34)33(37)23-18-27-12-5-3-6-13-27/h3,5-6,12-13,18-23,29,33,37H,2,4,7-11,14-17,24-26H2,1H3. The Bertz CT molecular complexity index is 980. The van der Waals surface area contributed by atoms with E-state index in [2.05, 4.69) is 4.90 Å². The predicted molar refractivity (Wildman–Crippen MR) is 155 cm³/mol. The van der Waals surface area contributed by atoms with E-state index in [9.17, 15) is 14.7 Å². The number of aliphatic hydroxyl groups excluding tert-OH is 1. The average molecular weight is 520 g/mol. The predicted octanol–water partition coefficient (Wildman–Crippen LogP) is 6.74. The quantitative estimate of drug-likeness (QED) is 0.174. The van der Waals surface area contributed by atoms with Gasteiger partial charge in [0.1, 0.15) is 11.5 Å². The molecule has 0 bridgehead atoms. The van der Waals surface area contributed by atoms with Crippen molar-refractivity contribution in [3.8, 4) is 5.75 Å². The van der Waals surface area contributed by atoms with E-state index < -0.39 is 6.10 Å². The van der Waals surface area contributed by atoms with Crippen molar-refractivity contribution in [2.24, 2.45) is 5.92 Å². The van der Waals surface area contributed by atoms with Crippen molar-refractivity contribution in [3.05, 3.63) is 71.8 Å². The maximum Gasteiger partial charge on any atom is 0.162 e. The van der Waals surface area contributed by atoms with Gasteiger partial charge in [-0.15, -0.1) is 0 Å². The van der Waals surface area contributed by atoms with Gasteiger partial charge in [0.2, 0.25) is 0 Å². The minimum Gasteiger partial charge on any atom is -0.494 e.